The number of halogens is 3. The van der Waals surface area contributed by atoms with Crippen molar-refractivity contribution in [3.63, 3.8) is 0 Å². The molecule has 0 aliphatic rings. The monoisotopic (exact) mass is 366 g/mol. The van der Waals surface area contributed by atoms with Crippen molar-refractivity contribution >= 4 is 5.91 Å². The van der Waals surface area contributed by atoms with E-state index in [1.165, 1.54) is 18.2 Å². The lowest BCUT2D eigenvalue weighted by atomic mass is 10.1. The molecule has 0 aliphatic carbocycles. The van der Waals surface area contributed by atoms with E-state index >= 15 is 0 Å². The molecule has 0 spiro atoms. The van der Waals surface area contributed by atoms with Crippen LogP contribution in [0.1, 0.15) is 35.5 Å². The number of aromatic nitrogens is 1. The normalized spacial score (nSPS) is 11.5. The number of nitrogens with zero attached hydrogens (tertiary/aromatic N) is 1. The van der Waals surface area contributed by atoms with E-state index in [9.17, 15) is 18.0 Å². The molecule has 0 unspecified atom stereocenters. The number of aryl methyl sites for hydroxylation is 2. The predicted octanol–water partition coefficient (Wildman–Crippen LogP) is 4.15. The second-order valence-corrected chi connectivity index (χ2v) is 6.35. The zero-order valence-corrected chi connectivity index (χ0v) is 14.6. The predicted molar refractivity (Wildman–Crippen MR) is 91.9 cm³/mol. The number of nitrogens with one attached hydrogen (secondary N) is 1. The van der Waals surface area contributed by atoms with Gasteiger partial charge in [0.05, 0.1) is 0 Å². The maximum Gasteiger partial charge on any atom is 0.573 e. The Labute approximate surface area is 150 Å². The second-order valence-electron chi connectivity index (χ2n) is 6.35. The third-order valence-corrected chi connectivity index (χ3v) is 3.56. The highest BCUT2D eigenvalue weighted by molar-refractivity contribution is 5.92. The minimum Gasteiger partial charge on any atom is -0.406 e. The third kappa shape index (κ3) is 6.74. The Morgan fingerprint density at radius 3 is 2.50 bits per heavy atom. The first-order chi connectivity index (χ1) is 12.2. The molecule has 26 heavy (non-hydrogen) atoms. The fraction of sp³-hybridized carbons (Fsp3) is 0.368. The van der Waals surface area contributed by atoms with E-state index in [2.05, 4.69) is 15.0 Å². The second kappa shape index (κ2) is 8.69. The molecule has 1 aromatic carbocycles. The van der Waals surface area contributed by atoms with Crippen molar-refractivity contribution in [2.45, 2.75) is 33.1 Å². The van der Waals surface area contributed by atoms with Gasteiger partial charge >= 0.3 is 6.36 Å². The molecule has 0 fully saturated rings. The molecular formula is C19H21F3N2O2. The highest BCUT2D eigenvalue weighted by Gasteiger charge is 2.31. The van der Waals surface area contributed by atoms with Gasteiger partial charge in [-0.05, 0) is 48.1 Å². The van der Waals surface area contributed by atoms with Gasteiger partial charge < -0.3 is 10.1 Å². The summed E-state index contributed by atoms with van der Waals surface area (Å²) in [6.45, 7) is 4.59. The fourth-order valence-electron chi connectivity index (χ4n) is 2.28. The number of hydrogen-bond donors (Lipinski definition) is 1. The van der Waals surface area contributed by atoms with Crippen LogP contribution < -0.4 is 10.1 Å². The quantitative estimate of drug-likeness (QED) is 0.801. The molecule has 2 aromatic rings. The SMILES string of the molecule is CC(C)CNC(=O)c1ccc(CCc2cccc(OC(F)(F)F)c2)cn1. The molecule has 0 bridgehead atoms. The summed E-state index contributed by atoms with van der Waals surface area (Å²) in [6, 6.07) is 9.35. The van der Waals surface area contributed by atoms with Crippen molar-refractivity contribution in [1.29, 1.82) is 0 Å². The molecule has 1 N–H and O–H groups in total. The first-order valence-corrected chi connectivity index (χ1v) is 8.31. The smallest absolute Gasteiger partial charge is 0.406 e. The number of carbonyl (C=O) groups excluding carboxylic acids is 1. The highest BCUT2D eigenvalue weighted by Crippen LogP contribution is 2.23. The summed E-state index contributed by atoms with van der Waals surface area (Å²) in [5, 5.41) is 2.79. The van der Waals surface area contributed by atoms with E-state index in [1.807, 2.05) is 13.8 Å². The number of ether oxygens (including phenoxy) is 1. The van der Waals surface area contributed by atoms with E-state index in [0.29, 0.717) is 31.0 Å². The first kappa shape index (κ1) is 19.8. The van der Waals surface area contributed by atoms with Gasteiger partial charge in [0.25, 0.3) is 5.91 Å². The average Bonchev–Trinajstić information content (AvgIpc) is 2.57. The standard InChI is InChI=1S/C19H21F3N2O2/c1-13(2)11-24-18(25)17-9-8-15(12-23-17)7-6-14-4-3-5-16(10-14)26-19(20,21)22/h3-5,8-10,12-13H,6-7,11H2,1-2H3,(H,24,25). The van der Waals surface area contributed by atoms with Crippen molar-refractivity contribution < 1.29 is 22.7 Å². The number of pyridine rings is 1. The summed E-state index contributed by atoms with van der Waals surface area (Å²) in [5.41, 5.74) is 1.97. The van der Waals surface area contributed by atoms with Crippen LogP contribution in [0.3, 0.4) is 0 Å². The third-order valence-electron chi connectivity index (χ3n) is 3.56. The molecule has 0 saturated heterocycles. The van der Waals surface area contributed by atoms with Gasteiger partial charge in [-0.15, -0.1) is 13.2 Å². The highest BCUT2D eigenvalue weighted by atomic mass is 19.4. The molecule has 1 amide bonds. The molecule has 0 atom stereocenters. The van der Waals surface area contributed by atoms with Gasteiger partial charge in [0, 0.05) is 12.7 Å². The Balaban J connectivity index is 1.92. The molecule has 4 nitrogen and oxygen atoms in total. The maximum atomic E-state index is 12.3. The Morgan fingerprint density at radius 2 is 1.88 bits per heavy atom. The summed E-state index contributed by atoms with van der Waals surface area (Å²) in [6.07, 6.45) is -1.96. The summed E-state index contributed by atoms with van der Waals surface area (Å²) in [7, 11) is 0. The van der Waals surface area contributed by atoms with E-state index in [4.69, 9.17) is 0 Å². The summed E-state index contributed by atoms with van der Waals surface area (Å²) in [4.78, 5) is 16.1. The van der Waals surface area contributed by atoms with Crippen LogP contribution in [-0.4, -0.2) is 23.8 Å². The molecule has 0 radical (unpaired) electrons. The van der Waals surface area contributed by atoms with Crippen molar-refractivity contribution in [1.82, 2.24) is 10.3 Å². The lowest BCUT2D eigenvalue weighted by Crippen LogP contribution is -2.28. The Morgan fingerprint density at radius 1 is 1.15 bits per heavy atom. The Hall–Kier alpha value is -2.57. The molecule has 1 heterocycles. The zero-order valence-electron chi connectivity index (χ0n) is 14.6. The van der Waals surface area contributed by atoms with Gasteiger partial charge in [0.15, 0.2) is 0 Å². The summed E-state index contributed by atoms with van der Waals surface area (Å²) in [5.74, 6) is -0.0946. The van der Waals surface area contributed by atoms with Crippen LogP contribution in [0.2, 0.25) is 0 Å². The van der Waals surface area contributed by atoms with Gasteiger partial charge in [0.2, 0.25) is 0 Å². The molecule has 140 valence electrons. The van der Waals surface area contributed by atoms with Gasteiger partial charge in [-0.2, -0.15) is 0 Å². The molecule has 0 aliphatic heterocycles. The van der Waals surface area contributed by atoms with Gasteiger partial charge in [-0.3, -0.25) is 9.78 Å². The molecule has 7 heteroatoms. The van der Waals surface area contributed by atoms with Crippen LogP contribution in [-0.2, 0) is 12.8 Å². The number of rotatable bonds is 7. The molecule has 2 rings (SSSR count). The topological polar surface area (TPSA) is 51.2 Å². The largest absolute Gasteiger partial charge is 0.573 e. The van der Waals surface area contributed by atoms with E-state index in [0.717, 1.165) is 11.1 Å². The molecule has 1 aromatic heterocycles. The zero-order chi connectivity index (χ0) is 19.2. The first-order valence-electron chi connectivity index (χ1n) is 8.31. The van der Waals surface area contributed by atoms with Crippen molar-refractivity contribution in [2.24, 2.45) is 5.92 Å². The summed E-state index contributed by atoms with van der Waals surface area (Å²) >= 11 is 0. The average molecular weight is 366 g/mol. The van der Waals surface area contributed by atoms with Gasteiger partial charge in [0.1, 0.15) is 11.4 Å². The van der Waals surface area contributed by atoms with E-state index in [-0.39, 0.29) is 11.7 Å². The van der Waals surface area contributed by atoms with Crippen LogP contribution in [0.4, 0.5) is 13.2 Å². The lowest BCUT2D eigenvalue weighted by Gasteiger charge is -2.10. The Kier molecular flexibility index (Phi) is 6.60. The van der Waals surface area contributed by atoms with Crippen LogP contribution in [0.15, 0.2) is 42.6 Å². The number of carbonyl (C=O) groups is 1. The van der Waals surface area contributed by atoms with Crippen LogP contribution >= 0.6 is 0 Å². The fourth-order valence-corrected chi connectivity index (χ4v) is 2.28. The van der Waals surface area contributed by atoms with Crippen LogP contribution in [0, 0.1) is 5.92 Å². The number of hydrogen-bond acceptors (Lipinski definition) is 3. The van der Waals surface area contributed by atoms with Crippen LogP contribution in [0.25, 0.3) is 0 Å². The molecule has 0 saturated carbocycles. The number of amides is 1. The van der Waals surface area contributed by atoms with Crippen LogP contribution in [0.5, 0.6) is 5.75 Å². The van der Waals surface area contributed by atoms with Gasteiger partial charge in [-0.1, -0.05) is 32.0 Å². The number of benzene rings is 1. The lowest BCUT2D eigenvalue weighted by molar-refractivity contribution is -0.274. The minimum atomic E-state index is -4.70. The minimum absolute atomic E-state index is 0.220. The molecular weight excluding hydrogens is 345 g/mol. The summed E-state index contributed by atoms with van der Waals surface area (Å²) < 4.78 is 40.7. The van der Waals surface area contributed by atoms with Crippen molar-refractivity contribution in [3.8, 4) is 5.75 Å². The van der Waals surface area contributed by atoms with Gasteiger partial charge in [-0.25, -0.2) is 0 Å². The van der Waals surface area contributed by atoms with E-state index in [1.54, 1.807) is 24.4 Å². The Bertz CT molecular complexity index is 728. The van der Waals surface area contributed by atoms with Crippen molar-refractivity contribution in [3.05, 3.63) is 59.4 Å². The van der Waals surface area contributed by atoms with E-state index < -0.39 is 6.36 Å². The van der Waals surface area contributed by atoms with Crippen molar-refractivity contribution in [2.75, 3.05) is 6.54 Å². The maximum absolute atomic E-state index is 12.3. The number of alkyl halides is 3.